The maximum Gasteiger partial charge on any atom is 0.417 e. The van der Waals surface area contributed by atoms with E-state index >= 15 is 0 Å². The molecule has 0 spiro atoms. The van der Waals surface area contributed by atoms with Crippen molar-refractivity contribution in [1.29, 1.82) is 0 Å². The molecule has 0 bridgehead atoms. The van der Waals surface area contributed by atoms with Crippen LogP contribution in [0.5, 0.6) is 0 Å². The van der Waals surface area contributed by atoms with Crippen molar-refractivity contribution in [3.8, 4) is 0 Å². The SMILES string of the molecule is O=C(Nc1ccc2[nH]c(=O)oc2c1)c1cccc2[nH]ccc12. The Hall–Kier alpha value is -3.28. The van der Waals surface area contributed by atoms with Gasteiger partial charge in [-0.05, 0) is 30.3 Å². The Morgan fingerprint density at radius 2 is 2.00 bits per heavy atom. The summed E-state index contributed by atoms with van der Waals surface area (Å²) in [6.45, 7) is 0. The highest BCUT2D eigenvalue weighted by molar-refractivity contribution is 6.12. The van der Waals surface area contributed by atoms with Crippen molar-refractivity contribution in [3.63, 3.8) is 0 Å². The molecule has 3 N–H and O–H groups in total. The third kappa shape index (κ3) is 1.98. The van der Waals surface area contributed by atoms with Gasteiger partial charge in [-0.2, -0.15) is 0 Å². The number of carbonyl (C=O) groups is 1. The Morgan fingerprint density at radius 3 is 2.91 bits per heavy atom. The maximum atomic E-state index is 12.4. The van der Waals surface area contributed by atoms with Crippen LogP contribution in [0.15, 0.2) is 57.9 Å². The van der Waals surface area contributed by atoms with Crippen molar-refractivity contribution < 1.29 is 9.21 Å². The summed E-state index contributed by atoms with van der Waals surface area (Å²) in [6, 6.07) is 12.4. The summed E-state index contributed by atoms with van der Waals surface area (Å²) >= 11 is 0. The van der Waals surface area contributed by atoms with Gasteiger partial charge in [0, 0.05) is 34.4 Å². The molecule has 2 heterocycles. The Labute approximate surface area is 123 Å². The monoisotopic (exact) mass is 293 g/mol. The molecule has 0 aliphatic carbocycles. The van der Waals surface area contributed by atoms with E-state index in [4.69, 9.17) is 4.42 Å². The first-order valence-corrected chi connectivity index (χ1v) is 6.71. The predicted octanol–water partition coefficient (Wildman–Crippen LogP) is 2.85. The number of amides is 1. The number of oxazole rings is 1. The van der Waals surface area contributed by atoms with Crippen LogP contribution in [0.1, 0.15) is 10.4 Å². The zero-order chi connectivity index (χ0) is 15.1. The van der Waals surface area contributed by atoms with Crippen LogP contribution in [0.3, 0.4) is 0 Å². The fourth-order valence-corrected chi connectivity index (χ4v) is 2.50. The third-order valence-corrected chi connectivity index (χ3v) is 3.52. The van der Waals surface area contributed by atoms with E-state index in [0.29, 0.717) is 22.4 Å². The minimum absolute atomic E-state index is 0.220. The number of hydrogen-bond donors (Lipinski definition) is 3. The predicted molar refractivity (Wildman–Crippen MR) is 83.1 cm³/mol. The number of carbonyl (C=O) groups excluding carboxylic acids is 1. The second-order valence-corrected chi connectivity index (χ2v) is 4.92. The first-order valence-electron chi connectivity index (χ1n) is 6.71. The first kappa shape index (κ1) is 12.5. The van der Waals surface area contributed by atoms with Gasteiger partial charge in [0.05, 0.1) is 5.52 Å². The molecule has 0 saturated heterocycles. The largest absolute Gasteiger partial charge is 0.417 e. The van der Waals surface area contributed by atoms with Crippen LogP contribution in [-0.4, -0.2) is 15.9 Å². The number of nitrogens with one attached hydrogen (secondary N) is 3. The molecule has 0 atom stereocenters. The fourth-order valence-electron chi connectivity index (χ4n) is 2.50. The third-order valence-electron chi connectivity index (χ3n) is 3.52. The molecule has 0 radical (unpaired) electrons. The van der Waals surface area contributed by atoms with E-state index in [0.717, 1.165) is 10.9 Å². The van der Waals surface area contributed by atoms with Gasteiger partial charge < -0.3 is 14.7 Å². The summed E-state index contributed by atoms with van der Waals surface area (Å²) in [7, 11) is 0. The maximum absolute atomic E-state index is 12.4. The Bertz CT molecular complexity index is 1060. The van der Waals surface area contributed by atoms with Gasteiger partial charge in [-0.3, -0.25) is 9.78 Å². The van der Waals surface area contributed by atoms with Crippen molar-refractivity contribution >= 4 is 33.6 Å². The molecule has 1 amide bonds. The number of aromatic nitrogens is 2. The summed E-state index contributed by atoms with van der Waals surface area (Å²) in [6.07, 6.45) is 1.79. The topological polar surface area (TPSA) is 90.9 Å². The normalized spacial score (nSPS) is 11.1. The van der Waals surface area contributed by atoms with Gasteiger partial charge in [-0.15, -0.1) is 0 Å². The number of hydrogen-bond acceptors (Lipinski definition) is 3. The number of benzene rings is 2. The van der Waals surface area contributed by atoms with E-state index in [9.17, 15) is 9.59 Å². The smallest absolute Gasteiger partial charge is 0.408 e. The zero-order valence-electron chi connectivity index (χ0n) is 11.3. The average Bonchev–Trinajstić information content (AvgIpc) is 3.11. The first-order chi connectivity index (χ1) is 10.7. The van der Waals surface area contributed by atoms with Crippen LogP contribution < -0.4 is 11.1 Å². The molecule has 0 aliphatic rings. The van der Waals surface area contributed by atoms with Crippen LogP contribution in [-0.2, 0) is 0 Å². The molecule has 0 saturated carbocycles. The van der Waals surface area contributed by atoms with Crippen LogP contribution in [0.4, 0.5) is 5.69 Å². The molecule has 0 unspecified atom stereocenters. The van der Waals surface area contributed by atoms with Gasteiger partial charge in [0.15, 0.2) is 5.58 Å². The highest BCUT2D eigenvalue weighted by Gasteiger charge is 2.11. The van der Waals surface area contributed by atoms with E-state index in [1.54, 1.807) is 30.5 Å². The van der Waals surface area contributed by atoms with Crippen molar-refractivity contribution in [3.05, 3.63) is 64.8 Å². The van der Waals surface area contributed by atoms with E-state index in [2.05, 4.69) is 15.3 Å². The van der Waals surface area contributed by atoms with Gasteiger partial charge in [0.25, 0.3) is 5.91 Å². The molecule has 22 heavy (non-hydrogen) atoms. The minimum Gasteiger partial charge on any atom is -0.408 e. The molecule has 4 aromatic rings. The van der Waals surface area contributed by atoms with Gasteiger partial charge in [-0.1, -0.05) is 6.07 Å². The molecule has 4 rings (SSSR count). The minimum atomic E-state index is -0.518. The van der Waals surface area contributed by atoms with E-state index < -0.39 is 5.76 Å². The average molecular weight is 293 g/mol. The van der Waals surface area contributed by atoms with Crippen molar-refractivity contribution in [2.75, 3.05) is 5.32 Å². The van der Waals surface area contributed by atoms with E-state index in [1.807, 2.05) is 18.2 Å². The molecule has 108 valence electrons. The second-order valence-electron chi connectivity index (χ2n) is 4.92. The molecule has 0 fully saturated rings. The van der Waals surface area contributed by atoms with Crippen molar-refractivity contribution in [2.45, 2.75) is 0 Å². The highest BCUT2D eigenvalue weighted by atomic mass is 16.4. The molecule has 2 aromatic carbocycles. The summed E-state index contributed by atoms with van der Waals surface area (Å²) < 4.78 is 4.99. The molecular weight excluding hydrogens is 282 g/mol. The van der Waals surface area contributed by atoms with Crippen LogP contribution in [0.25, 0.3) is 22.0 Å². The Kier molecular flexibility index (Phi) is 2.62. The lowest BCUT2D eigenvalue weighted by Crippen LogP contribution is -2.12. The lowest BCUT2D eigenvalue weighted by Gasteiger charge is -2.06. The molecule has 2 aromatic heterocycles. The summed E-state index contributed by atoms with van der Waals surface area (Å²) in [5, 5.41) is 3.67. The van der Waals surface area contributed by atoms with Crippen LogP contribution >= 0.6 is 0 Å². The summed E-state index contributed by atoms with van der Waals surface area (Å²) in [4.78, 5) is 29.2. The Morgan fingerprint density at radius 1 is 1.09 bits per heavy atom. The number of rotatable bonds is 2. The summed E-state index contributed by atoms with van der Waals surface area (Å²) in [5.74, 6) is -0.738. The molecule has 0 aliphatic heterocycles. The quantitative estimate of drug-likeness (QED) is 0.530. The number of fused-ring (bicyclic) bond motifs is 2. The summed E-state index contributed by atoms with van der Waals surface area (Å²) in [5.41, 5.74) is 3.04. The van der Waals surface area contributed by atoms with Crippen LogP contribution in [0.2, 0.25) is 0 Å². The van der Waals surface area contributed by atoms with Gasteiger partial charge in [0.2, 0.25) is 0 Å². The Balaban J connectivity index is 1.70. The zero-order valence-corrected chi connectivity index (χ0v) is 11.3. The van der Waals surface area contributed by atoms with Crippen molar-refractivity contribution in [2.24, 2.45) is 0 Å². The standard InChI is InChI=1S/C16H11N3O3/c20-15(11-2-1-3-12-10(11)6-7-17-12)18-9-4-5-13-14(8-9)22-16(21)19-13/h1-8,17H,(H,18,20)(H,19,21). The van der Waals surface area contributed by atoms with Crippen LogP contribution in [0, 0.1) is 0 Å². The number of H-pyrrole nitrogens is 2. The van der Waals surface area contributed by atoms with Gasteiger partial charge in [-0.25, -0.2) is 4.79 Å². The number of aromatic amines is 2. The van der Waals surface area contributed by atoms with Crippen molar-refractivity contribution in [1.82, 2.24) is 9.97 Å². The molecule has 6 heteroatoms. The lowest BCUT2D eigenvalue weighted by atomic mass is 10.1. The molecule has 6 nitrogen and oxygen atoms in total. The van der Waals surface area contributed by atoms with E-state index in [-0.39, 0.29) is 5.91 Å². The number of anilines is 1. The second kappa shape index (κ2) is 4.63. The van der Waals surface area contributed by atoms with Gasteiger partial charge in [0.1, 0.15) is 0 Å². The molecular formula is C16H11N3O3. The van der Waals surface area contributed by atoms with E-state index in [1.165, 1.54) is 0 Å². The fraction of sp³-hybridized carbons (Fsp3) is 0. The lowest BCUT2D eigenvalue weighted by molar-refractivity contribution is 0.102. The highest BCUT2D eigenvalue weighted by Crippen LogP contribution is 2.20. The van der Waals surface area contributed by atoms with Gasteiger partial charge >= 0.3 is 5.76 Å².